The predicted molar refractivity (Wildman–Crippen MR) is 125 cm³/mol. The van der Waals surface area contributed by atoms with Gasteiger partial charge in [-0.3, -0.25) is 19.8 Å². The Hall–Kier alpha value is -3.03. The van der Waals surface area contributed by atoms with Gasteiger partial charge in [0.2, 0.25) is 0 Å². The zero-order valence-corrected chi connectivity index (χ0v) is 18.5. The Bertz CT molecular complexity index is 1180. The van der Waals surface area contributed by atoms with Crippen molar-refractivity contribution in [2.24, 2.45) is 0 Å². The van der Waals surface area contributed by atoms with Crippen LogP contribution in [-0.4, -0.2) is 21.5 Å². The lowest BCUT2D eigenvalue weighted by atomic mass is 10.1. The van der Waals surface area contributed by atoms with Crippen LogP contribution in [0.4, 0.5) is 5.69 Å². The summed E-state index contributed by atoms with van der Waals surface area (Å²) in [6.07, 6.45) is 4.22. The topological polar surface area (TPSA) is 54.3 Å². The normalized spacial score (nSPS) is 15.6. The molecule has 0 saturated carbocycles. The van der Waals surface area contributed by atoms with Crippen LogP contribution in [0, 0.1) is 0 Å². The summed E-state index contributed by atoms with van der Waals surface area (Å²) < 4.78 is 2.89. The molecule has 0 spiro atoms. The lowest BCUT2D eigenvalue weighted by Gasteiger charge is -2.30. The van der Waals surface area contributed by atoms with Crippen LogP contribution in [-0.2, 0) is 16.0 Å². The fourth-order valence-corrected chi connectivity index (χ4v) is 3.94. The predicted octanol–water partition coefficient (Wildman–Crippen LogP) is 4.63. The summed E-state index contributed by atoms with van der Waals surface area (Å²) in [4.78, 5) is 27.4. The van der Waals surface area contributed by atoms with Gasteiger partial charge in [-0.1, -0.05) is 41.1 Å². The maximum atomic E-state index is 13.3. The number of aromatic nitrogens is 1. The molecule has 1 fully saturated rings. The second-order valence-electron chi connectivity index (χ2n) is 6.72. The van der Waals surface area contributed by atoms with E-state index in [1.54, 1.807) is 6.08 Å². The summed E-state index contributed by atoms with van der Waals surface area (Å²) in [5.74, 6) is -0.938. The molecule has 1 aliphatic rings. The monoisotopic (exact) mass is 479 g/mol. The first-order valence-electron chi connectivity index (χ1n) is 9.42. The third-order valence-electron chi connectivity index (χ3n) is 4.89. The Labute approximate surface area is 188 Å². The smallest absolute Gasteiger partial charge is 0.270 e. The van der Waals surface area contributed by atoms with Crippen molar-refractivity contribution < 1.29 is 9.59 Å². The molecule has 2 heterocycles. The van der Waals surface area contributed by atoms with E-state index in [4.69, 9.17) is 12.2 Å². The second-order valence-corrected chi connectivity index (χ2v) is 8.02. The van der Waals surface area contributed by atoms with Crippen LogP contribution in [0.1, 0.15) is 18.2 Å². The SMILES string of the molecule is CCc1ccccc1N1C(=O)C(=Cc2cccn2-c2ccc(Br)cc2)C(=O)NC1=S. The van der Waals surface area contributed by atoms with Crippen LogP contribution in [0.2, 0.25) is 0 Å². The molecule has 0 radical (unpaired) electrons. The first kappa shape index (κ1) is 20.3. The highest BCUT2D eigenvalue weighted by Crippen LogP contribution is 2.26. The highest BCUT2D eigenvalue weighted by atomic mass is 79.9. The molecule has 3 aromatic rings. The number of aryl methyl sites for hydroxylation is 1. The van der Waals surface area contributed by atoms with E-state index in [1.807, 2.05) is 78.4 Å². The van der Waals surface area contributed by atoms with Gasteiger partial charge in [0.25, 0.3) is 11.8 Å². The van der Waals surface area contributed by atoms with Crippen molar-refractivity contribution in [3.63, 3.8) is 0 Å². The quantitative estimate of drug-likeness (QED) is 0.337. The number of hydrogen-bond donors (Lipinski definition) is 1. The van der Waals surface area contributed by atoms with E-state index >= 15 is 0 Å². The Balaban J connectivity index is 1.76. The van der Waals surface area contributed by atoms with Crippen LogP contribution in [0.25, 0.3) is 11.8 Å². The maximum Gasteiger partial charge on any atom is 0.270 e. The number of hydrogen-bond acceptors (Lipinski definition) is 3. The third-order valence-corrected chi connectivity index (χ3v) is 5.71. The van der Waals surface area contributed by atoms with Gasteiger partial charge in [-0.2, -0.15) is 0 Å². The number of para-hydroxylation sites is 1. The molecule has 7 heteroatoms. The average molecular weight is 480 g/mol. The number of amides is 2. The standard InChI is InChI=1S/C23H18BrN3O2S/c1-2-15-6-3-4-8-20(15)27-22(29)19(21(28)25-23(27)30)14-18-7-5-13-26(18)17-11-9-16(24)10-12-17/h3-14H,2H2,1H3,(H,25,28,30). The van der Waals surface area contributed by atoms with Gasteiger partial charge in [-0.15, -0.1) is 0 Å². The van der Waals surface area contributed by atoms with Gasteiger partial charge in [0.05, 0.1) is 5.69 Å². The summed E-state index contributed by atoms with van der Waals surface area (Å²) in [5.41, 5.74) is 3.33. The zero-order valence-electron chi connectivity index (χ0n) is 16.1. The number of carbonyl (C=O) groups excluding carboxylic acids is 2. The van der Waals surface area contributed by atoms with Gasteiger partial charge < -0.3 is 4.57 Å². The molecule has 0 bridgehead atoms. The molecule has 0 atom stereocenters. The van der Waals surface area contributed by atoms with Crippen molar-refractivity contribution in [3.05, 3.63) is 88.2 Å². The number of carbonyl (C=O) groups is 2. The van der Waals surface area contributed by atoms with Crippen LogP contribution in [0.5, 0.6) is 0 Å². The minimum atomic E-state index is -0.501. The first-order chi connectivity index (χ1) is 14.5. The summed E-state index contributed by atoms with van der Waals surface area (Å²) in [5, 5.41) is 2.74. The van der Waals surface area contributed by atoms with Gasteiger partial charge in [-0.05, 0) is 72.7 Å². The van der Waals surface area contributed by atoms with Gasteiger partial charge in [0, 0.05) is 22.1 Å². The lowest BCUT2D eigenvalue weighted by Crippen LogP contribution is -2.54. The fourth-order valence-electron chi connectivity index (χ4n) is 3.40. The Morgan fingerprint density at radius 1 is 1.03 bits per heavy atom. The summed E-state index contributed by atoms with van der Waals surface area (Å²) in [6, 6.07) is 19.1. The van der Waals surface area contributed by atoms with Gasteiger partial charge in [-0.25, -0.2) is 0 Å². The number of rotatable bonds is 4. The van der Waals surface area contributed by atoms with Crippen molar-refractivity contribution in [1.82, 2.24) is 9.88 Å². The van der Waals surface area contributed by atoms with E-state index in [2.05, 4.69) is 21.2 Å². The molecule has 5 nitrogen and oxygen atoms in total. The summed E-state index contributed by atoms with van der Waals surface area (Å²) in [7, 11) is 0. The van der Waals surface area contributed by atoms with E-state index in [0.29, 0.717) is 11.4 Å². The van der Waals surface area contributed by atoms with E-state index < -0.39 is 11.8 Å². The first-order valence-corrected chi connectivity index (χ1v) is 10.6. The molecular weight excluding hydrogens is 462 g/mol. The zero-order chi connectivity index (χ0) is 21.3. The summed E-state index contributed by atoms with van der Waals surface area (Å²) >= 11 is 8.75. The Morgan fingerprint density at radius 2 is 1.77 bits per heavy atom. The third kappa shape index (κ3) is 3.74. The van der Waals surface area contributed by atoms with Crippen LogP contribution in [0.15, 0.2) is 76.9 Å². The fraction of sp³-hybridized carbons (Fsp3) is 0.0870. The van der Waals surface area contributed by atoms with Crippen LogP contribution < -0.4 is 10.2 Å². The number of halogens is 1. The van der Waals surface area contributed by atoms with E-state index in [1.165, 1.54) is 4.90 Å². The molecular formula is C23H18BrN3O2S. The van der Waals surface area contributed by atoms with E-state index in [0.717, 1.165) is 22.1 Å². The second kappa shape index (κ2) is 8.38. The van der Waals surface area contributed by atoms with Crippen LogP contribution in [0.3, 0.4) is 0 Å². The van der Waals surface area contributed by atoms with Gasteiger partial charge in [0.1, 0.15) is 5.57 Å². The largest absolute Gasteiger partial charge is 0.317 e. The highest BCUT2D eigenvalue weighted by Gasteiger charge is 2.35. The molecule has 2 amide bonds. The van der Waals surface area contributed by atoms with Gasteiger partial charge >= 0.3 is 0 Å². The minimum Gasteiger partial charge on any atom is -0.317 e. The number of anilines is 1. The molecule has 2 aromatic carbocycles. The number of thiocarbonyl (C=S) groups is 1. The van der Waals surface area contributed by atoms with Crippen molar-refractivity contribution in [3.8, 4) is 5.69 Å². The van der Waals surface area contributed by atoms with Crippen molar-refractivity contribution in [1.29, 1.82) is 0 Å². The maximum absolute atomic E-state index is 13.3. The highest BCUT2D eigenvalue weighted by molar-refractivity contribution is 9.10. The van der Waals surface area contributed by atoms with E-state index in [-0.39, 0.29) is 10.7 Å². The van der Waals surface area contributed by atoms with Gasteiger partial charge in [0.15, 0.2) is 5.11 Å². The molecule has 1 aromatic heterocycles. The molecule has 1 N–H and O–H groups in total. The van der Waals surface area contributed by atoms with Crippen molar-refractivity contribution in [2.45, 2.75) is 13.3 Å². The molecule has 4 rings (SSSR count). The Kier molecular flexibility index (Phi) is 5.65. The van der Waals surface area contributed by atoms with Crippen molar-refractivity contribution >= 4 is 56.8 Å². The Morgan fingerprint density at radius 3 is 2.50 bits per heavy atom. The minimum absolute atomic E-state index is 0.0339. The average Bonchev–Trinajstić information content (AvgIpc) is 3.20. The molecule has 1 saturated heterocycles. The lowest BCUT2D eigenvalue weighted by molar-refractivity contribution is -0.122. The molecule has 1 aliphatic heterocycles. The number of nitrogens with one attached hydrogen (secondary N) is 1. The number of benzene rings is 2. The molecule has 0 unspecified atom stereocenters. The van der Waals surface area contributed by atoms with Crippen LogP contribution >= 0.6 is 28.1 Å². The molecule has 0 aliphatic carbocycles. The molecule has 30 heavy (non-hydrogen) atoms. The van der Waals surface area contributed by atoms with Crippen molar-refractivity contribution in [2.75, 3.05) is 4.90 Å². The molecule has 150 valence electrons. The number of nitrogens with zero attached hydrogens (tertiary/aromatic N) is 2. The summed E-state index contributed by atoms with van der Waals surface area (Å²) in [6.45, 7) is 2.01. The van der Waals surface area contributed by atoms with E-state index in [9.17, 15) is 9.59 Å².